The van der Waals surface area contributed by atoms with Crippen LogP contribution in [0.4, 0.5) is 5.69 Å². The standard InChI is InChI=1S/C13H11BrN2O2/c14-12(11-5-3-7-15-9-11)8-10-4-1-2-6-13(10)16(17)18/h1-7,9,12H,8H2. The molecular formula is C13H11BrN2O2. The molecular weight excluding hydrogens is 296 g/mol. The Hall–Kier alpha value is -1.75. The molecule has 0 saturated carbocycles. The highest BCUT2D eigenvalue weighted by Crippen LogP contribution is 2.30. The molecule has 1 unspecified atom stereocenters. The molecule has 1 heterocycles. The molecule has 0 aliphatic heterocycles. The Labute approximate surface area is 113 Å². The van der Waals surface area contributed by atoms with E-state index >= 15 is 0 Å². The van der Waals surface area contributed by atoms with Gasteiger partial charge in [0.1, 0.15) is 0 Å². The fraction of sp³-hybridized carbons (Fsp3) is 0.154. The fourth-order valence-electron chi connectivity index (χ4n) is 1.73. The Bertz CT molecular complexity index is 546. The summed E-state index contributed by atoms with van der Waals surface area (Å²) in [4.78, 5) is 14.6. The Morgan fingerprint density at radius 2 is 2.06 bits per heavy atom. The van der Waals surface area contributed by atoms with Gasteiger partial charge >= 0.3 is 0 Å². The maximum absolute atomic E-state index is 10.9. The van der Waals surface area contributed by atoms with Crippen molar-refractivity contribution in [1.82, 2.24) is 4.98 Å². The highest BCUT2D eigenvalue weighted by atomic mass is 79.9. The molecule has 0 amide bonds. The second-order valence-corrected chi connectivity index (χ2v) is 4.95. The highest BCUT2D eigenvalue weighted by molar-refractivity contribution is 9.09. The minimum Gasteiger partial charge on any atom is -0.264 e. The summed E-state index contributed by atoms with van der Waals surface area (Å²) >= 11 is 3.54. The van der Waals surface area contributed by atoms with Crippen molar-refractivity contribution in [3.63, 3.8) is 0 Å². The van der Waals surface area contributed by atoms with Gasteiger partial charge in [-0.15, -0.1) is 0 Å². The van der Waals surface area contributed by atoms with Crippen LogP contribution in [0, 0.1) is 10.1 Å². The van der Waals surface area contributed by atoms with Crippen molar-refractivity contribution in [2.45, 2.75) is 11.2 Å². The van der Waals surface area contributed by atoms with E-state index in [1.54, 1.807) is 24.5 Å². The van der Waals surface area contributed by atoms with Gasteiger partial charge in [0, 0.05) is 28.9 Å². The van der Waals surface area contributed by atoms with E-state index in [0.717, 1.165) is 5.56 Å². The van der Waals surface area contributed by atoms with Crippen LogP contribution < -0.4 is 0 Å². The maximum atomic E-state index is 10.9. The first-order chi connectivity index (χ1) is 8.68. The average molecular weight is 307 g/mol. The van der Waals surface area contributed by atoms with Crippen molar-refractivity contribution in [2.75, 3.05) is 0 Å². The lowest BCUT2D eigenvalue weighted by Gasteiger charge is -2.09. The first kappa shape index (κ1) is 12.7. The fourth-order valence-corrected chi connectivity index (χ4v) is 2.35. The zero-order valence-corrected chi connectivity index (χ0v) is 11.1. The first-order valence-corrected chi connectivity index (χ1v) is 6.36. The van der Waals surface area contributed by atoms with E-state index in [9.17, 15) is 10.1 Å². The summed E-state index contributed by atoms with van der Waals surface area (Å²) < 4.78 is 0. The van der Waals surface area contributed by atoms with Gasteiger partial charge in [0.2, 0.25) is 0 Å². The largest absolute Gasteiger partial charge is 0.272 e. The molecule has 0 fully saturated rings. The van der Waals surface area contributed by atoms with Crippen molar-refractivity contribution < 1.29 is 4.92 Å². The zero-order chi connectivity index (χ0) is 13.0. The third-order valence-electron chi connectivity index (χ3n) is 2.63. The molecule has 4 nitrogen and oxygen atoms in total. The molecule has 1 atom stereocenters. The quantitative estimate of drug-likeness (QED) is 0.492. The van der Waals surface area contributed by atoms with Crippen LogP contribution in [0.15, 0.2) is 48.8 Å². The molecule has 0 aliphatic carbocycles. The average Bonchev–Trinajstić information content (AvgIpc) is 2.40. The van der Waals surface area contributed by atoms with Crippen LogP contribution in [-0.2, 0) is 6.42 Å². The molecule has 1 aromatic heterocycles. The maximum Gasteiger partial charge on any atom is 0.272 e. The third kappa shape index (κ3) is 2.92. The van der Waals surface area contributed by atoms with Crippen molar-refractivity contribution in [1.29, 1.82) is 0 Å². The monoisotopic (exact) mass is 306 g/mol. The first-order valence-electron chi connectivity index (χ1n) is 5.45. The summed E-state index contributed by atoms with van der Waals surface area (Å²) in [6.45, 7) is 0. The van der Waals surface area contributed by atoms with Gasteiger partial charge in [-0.2, -0.15) is 0 Å². The molecule has 5 heteroatoms. The number of hydrogen-bond acceptors (Lipinski definition) is 3. The molecule has 92 valence electrons. The van der Waals surface area contributed by atoms with Gasteiger partial charge in [-0.05, 0) is 18.1 Å². The van der Waals surface area contributed by atoms with Crippen LogP contribution in [0.3, 0.4) is 0 Å². The zero-order valence-electron chi connectivity index (χ0n) is 9.49. The van der Waals surface area contributed by atoms with E-state index in [-0.39, 0.29) is 15.4 Å². The molecule has 1 aromatic carbocycles. The normalized spacial score (nSPS) is 12.1. The number of para-hydroxylation sites is 1. The molecule has 0 bridgehead atoms. The second-order valence-electron chi connectivity index (χ2n) is 3.84. The molecule has 0 N–H and O–H groups in total. The molecule has 0 saturated heterocycles. The number of nitro benzene ring substituents is 1. The summed E-state index contributed by atoms with van der Waals surface area (Å²) in [6.07, 6.45) is 4.02. The molecule has 0 spiro atoms. The van der Waals surface area contributed by atoms with Crippen LogP contribution in [0.25, 0.3) is 0 Å². The summed E-state index contributed by atoms with van der Waals surface area (Å²) in [6, 6.07) is 10.6. The number of pyridine rings is 1. The topological polar surface area (TPSA) is 56.0 Å². The van der Waals surface area contributed by atoms with Crippen LogP contribution >= 0.6 is 15.9 Å². The molecule has 0 aliphatic rings. The second kappa shape index (κ2) is 5.73. The number of aromatic nitrogens is 1. The van der Waals surface area contributed by atoms with Gasteiger partial charge in [-0.3, -0.25) is 15.1 Å². The van der Waals surface area contributed by atoms with Crippen LogP contribution in [0.2, 0.25) is 0 Å². The molecule has 2 aromatic rings. The summed E-state index contributed by atoms with van der Waals surface area (Å²) in [7, 11) is 0. The number of nitro groups is 1. The Kier molecular flexibility index (Phi) is 4.04. The minimum atomic E-state index is -0.349. The van der Waals surface area contributed by atoms with Crippen molar-refractivity contribution in [2.24, 2.45) is 0 Å². The Morgan fingerprint density at radius 3 is 2.72 bits per heavy atom. The number of rotatable bonds is 4. The van der Waals surface area contributed by atoms with Gasteiger partial charge in [-0.25, -0.2) is 0 Å². The predicted molar refractivity (Wildman–Crippen MR) is 72.7 cm³/mol. The predicted octanol–water partition coefficient (Wildman–Crippen LogP) is 3.67. The summed E-state index contributed by atoms with van der Waals surface area (Å²) in [5.74, 6) is 0. The smallest absolute Gasteiger partial charge is 0.264 e. The lowest BCUT2D eigenvalue weighted by atomic mass is 10.0. The van der Waals surface area contributed by atoms with E-state index in [2.05, 4.69) is 20.9 Å². The molecule has 18 heavy (non-hydrogen) atoms. The summed E-state index contributed by atoms with van der Waals surface area (Å²) in [5.41, 5.74) is 1.88. The van der Waals surface area contributed by atoms with Crippen LogP contribution in [-0.4, -0.2) is 9.91 Å². The molecule has 0 radical (unpaired) electrons. The SMILES string of the molecule is O=[N+]([O-])c1ccccc1CC(Br)c1cccnc1. The van der Waals surface area contributed by atoms with Gasteiger partial charge in [0.15, 0.2) is 0 Å². The number of benzene rings is 1. The van der Waals surface area contributed by atoms with Gasteiger partial charge in [-0.1, -0.05) is 40.2 Å². The van der Waals surface area contributed by atoms with Crippen LogP contribution in [0.1, 0.15) is 16.0 Å². The Balaban J connectivity index is 2.22. The van der Waals surface area contributed by atoms with E-state index in [4.69, 9.17) is 0 Å². The third-order valence-corrected chi connectivity index (χ3v) is 3.49. The van der Waals surface area contributed by atoms with Crippen molar-refractivity contribution >= 4 is 21.6 Å². The number of halogens is 1. The minimum absolute atomic E-state index is 0.0206. The van der Waals surface area contributed by atoms with E-state index < -0.39 is 0 Å². The van der Waals surface area contributed by atoms with Gasteiger partial charge < -0.3 is 0 Å². The van der Waals surface area contributed by atoms with Gasteiger partial charge in [0.25, 0.3) is 5.69 Å². The number of nitrogens with zero attached hydrogens (tertiary/aromatic N) is 2. The van der Waals surface area contributed by atoms with E-state index in [1.165, 1.54) is 6.07 Å². The molecule has 2 rings (SSSR count). The summed E-state index contributed by atoms with van der Waals surface area (Å²) in [5, 5.41) is 10.9. The Morgan fingerprint density at radius 1 is 1.28 bits per heavy atom. The number of alkyl halides is 1. The van der Waals surface area contributed by atoms with E-state index in [1.807, 2.05) is 18.2 Å². The van der Waals surface area contributed by atoms with Crippen LogP contribution in [0.5, 0.6) is 0 Å². The van der Waals surface area contributed by atoms with Crippen molar-refractivity contribution in [3.05, 3.63) is 70.0 Å². The highest BCUT2D eigenvalue weighted by Gasteiger charge is 2.16. The lowest BCUT2D eigenvalue weighted by molar-refractivity contribution is -0.385. The van der Waals surface area contributed by atoms with Gasteiger partial charge in [0.05, 0.1) is 4.92 Å². The van der Waals surface area contributed by atoms with Crippen molar-refractivity contribution in [3.8, 4) is 0 Å². The van der Waals surface area contributed by atoms with E-state index in [0.29, 0.717) is 12.0 Å². The lowest BCUT2D eigenvalue weighted by Crippen LogP contribution is -2.00. The number of hydrogen-bond donors (Lipinski definition) is 0.